The van der Waals surface area contributed by atoms with Crippen LogP contribution < -0.4 is 0 Å². The van der Waals surface area contributed by atoms with Gasteiger partial charge in [0.1, 0.15) is 67.0 Å². The highest BCUT2D eigenvalue weighted by Crippen LogP contribution is 2.47. The van der Waals surface area contributed by atoms with Crippen LogP contribution >= 0.6 is 0 Å². The standard InChI is InChI=1S/C44H38O2.C30H26O2.C24H22O2.C18H10O2/c1-3-5-7-13-31-19-23-33(24-20-31)27-29-37-41-35-15-9-11-17-39(35)46-44(41)38(42-36-16-10-12-18-40(36)45-43(37)42)30-28-34-25-21-32(22-26-34)14-8-6-4-2;1-29(2,3)17-15-21-25-19-11-7-9-13-23(19)32-28(25)22(16-18-30(4,5)6)26-20-12-8-10-14-24(20)31-27(21)26;1-2-3-4-5-8-16-11-12-18-20-15-23-19(14-24(20)26-22(18)13-16)17-9-6-7-10-21(17)25-23;1-3-7-15-11(5-1)13-9-18-14(10-17(13)19-15)12-6-2-4-8-16(12)20-18/h9-12,15-26H,3-8,13-14H2,1-2H3;7-14H,1-6H3;6-7,9-15H,2-5,8H2,1H3;1-10H. The molecule has 0 N–H and O–H groups in total. The van der Waals surface area contributed by atoms with Crippen LogP contribution in [0.25, 0.3) is 176 Å². The van der Waals surface area contributed by atoms with Gasteiger partial charge in [0.2, 0.25) is 0 Å². The lowest BCUT2D eigenvalue weighted by Crippen LogP contribution is -2.00. The van der Waals surface area contributed by atoms with Gasteiger partial charge in [-0.2, -0.15) is 0 Å². The van der Waals surface area contributed by atoms with Gasteiger partial charge in [-0.1, -0.05) is 277 Å². The molecule has 8 nitrogen and oxygen atoms in total. The number of furan rings is 8. The second-order valence-electron chi connectivity index (χ2n) is 34.7. The fourth-order valence-electron chi connectivity index (χ4n) is 17.1. The highest BCUT2D eigenvalue weighted by molar-refractivity contribution is 6.24. The van der Waals surface area contributed by atoms with Crippen molar-refractivity contribution in [3.8, 4) is 47.4 Å². The second-order valence-corrected chi connectivity index (χ2v) is 34.7. The minimum atomic E-state index is -0.144. The van der Waals surface area contributed by atoms with Crippen LogP contribution in [0.5, 0.6) is 0 Å². The minimum absolute atomic E-state index is 0.144. The van der Waals surface area contributed by atoms with Gasteiger partial charge in [0.25, 0.3) is 0 Å². The SMILES string of the molecule is CC(C)(C)C#Cc1c2oc3ccccc3c2c(C#CC(C)(C)C)c2oc3ccccc3c12.CCCCCCc1ccc2c(c1)oc1cc3c(cc12)oc1ccccc13.CCCCCc1ccc(C#Cc2c3oc4ccccc4c3c(C#Cc3ccc(CCCCC)cc3)c3oc4ccccc4c23)cc1.c1ccc2c(c1)oc1cc3c(cc12)oc1ccccc13. The van der Waals surface area contributed by atoms with Gasteiger partial charge in [-0.3, -0.25) is 0 Å². The molecule has 0 amide bonds. The van der Waals surface area contributed by atoms with Crippen molar-refractivity contribution < 1.29 is 35.3 Å². The monoisotopic (exact) mass is 1620 g/mol. The van der Waals surface area contributed by atoms with Crippen molar-refractivity contribution >= 4 is 176 Å². The zero-order chi connectivity index (χ0) is 84.6. The Hall–Kier alpha value is -14.3. The molecule has 0 aliphatic carbocycles. The molecule has 0 saturated heterocycles. The van der Waals surface area contributed by atoms with E-state index >= 15 is 0 Å². The van der Waals surface area contributed by atoms with E-state index in [1.807, 2.05) is 127 Å². The maximum Gasteiger partial charge on any atom is 0.153 e. The number of rotatable bonds is 13. The van der Waals surface area contributed by atoms with Gasteiger partial charge in [0.05, 0.1) is 22.3 Å². The summed E-state index contributed by atoms with van der Waals surface area (Å²) in [4.78, 5) is 0. The maximum absolute atomic E-state index is 6.62. The van der Waals surface area contributed by atoms with Crippen LogP contribution in [0.15, 0.2) is 296 Å². The first-order valence-electron chi connectivity index (χ1n) is 43.9. The van der Waals surface area contributed by atoms with Crippen molar-refractivity contribution in [1.82, 2.24) is 0 Å². The Kier molecular flexibility index (Phi) is 21.8. The lowest BCUT2D eigenvalue weighted by atomic mass is 9.93. The molecule has 608 valence electrons. The fourth-order valence-corrected chi connectivity index (χ4v) is 17.1. The van der Waals surface area contributed by atoms with E-state index in [0.29, 0.717) is 0 Å². The van der Waals surface area contributed by atoms with Crippen molar-refractivity contribution in [2.24, 2.45) is 10.8 Å². The predicted molar refractivity (Wildman–Crippen MR) is 516 cm³/mol. The topological polar surface area (TPSA) is 105 Å². The molecule has 0 aliphatic rings. The highest BCUT2D eigenvalue weighted by Gasteiger charge is 2.27. The predicted octanol–water partition coefficient (Wildman–Crippen LogP) is 33.1. The highest BCUT2D eigenvalue weighted by atomic mass is 16.4. The van der Waals surface area contributed by atoms with Gasteiger partial charge in [-0.05, 0) is 194 Å². The van der Waals surface area contributed by atoms with Crippen LogP contribution in [0.1, 0.15) is 177 Å². The molecular weight excluding hydrogens is 1520 g/mol. The molecule has 0 aliphatic heterocycles. The number of hydrogen-bond donors (Lipinski definition) is 0. The van der Waals surface area contributed by atoms with Gasteiger partial charge in [0.15, 0.2) is 22.3 Å². The zero-order valence-electron chi connectivity index (χ0n) is 71.8. The molecule has 0 spiro atoms. The largest absolute Gasteiger partial charge is 0.456 e. The van der Waals surface area contributed by atoms with Gasteiger partial charge in [0, 0.05) is 108 Å². The molecule has 0 fully saturated rings. The molecule has 22 aromatic rings. The smallest absolute Gasteiger partial charge is 0.153 e. The summed E-state index contributed by atoms with van der Waals surface area (Å²) in [6, 6.07) is 89.3. The minimum Gasteiger partial charge on any atom is -0.456 e. The van der Waals surface area contributed by atoms with Crippen LogP contribution in [0.2, 0.25) is 0 Å². The Labute approximate surface area is 721 Å². The molecule has 8 heterocycles. The van der Waals surface area contributed by atoms with Gasteiger partial charge in [-0.25, -0.2) is 0 Å². The van der Waals surface area contributed by atoms with Crippen molar-refractivity contribution in [2.75, 3.05) is 0 Å². The Morgan fingerprint density at radius 2 is 0.460 bits per heavy atom. The van der Waals surface area contributed by atoms with Crippen molar-refractivity contribution in [2.45, 2.75) is 146 Å². The summed E-state index contributed by atoms with van der Waals surface area (Å²) < 4.78 is 50.2. The maximum atomic E-state index is 6.62. The third-order valence-corrected chi connectivity index (χ3v) is 23.4. The summed E-state index contributed by atoms with van der Waals surface area (Å²) in [6.07, 6.45) is 15.9. The van der Waals surface area contributed by atoms with Crippen molar-refractivity contribution in [3.05, 3.63) is 311 Å². The van der Waals surface area contributed by atoms with Gasteiger partial charge < -0.3 is 35.3 Å². The molecule has 22 rings (SSSR count). The molecule has 8 aromatic heterocycles. The van der Waals surface area contributed by atoms with E-state index in [1.54, 1.807) is 0 Å². The average molecular weight is 1620 g/mol. The quantitative estimate of drug-likeness (QED) is 0.0830. The van der Waals surface area contributed by atoms with Crippen LogP contribution in [0.3, 0.4) is 0 Å². The summed E-state index contributed by atoms with van der Waals surface area (Å²) in [7, 11) is 0. The number of fused-ring (bicyclic) bond motifs is 24. The number of hydrogen-bond acceptors (Lipinski definition) is 8. The lowest BCUT2D eigenvalue weighted by molar-refractivity contribution is 0.570. The van der Waals surface area contributed by atoms with Gasteiger partial charge >= 0.3 is 0 Å². The molecule has 0 bridgehead atoms. The van der Waals surface area contributed by atoms with Crippen LogP contribution in [-0.2, 0) is 19.3 Å². The van der Waals surface area contributed by atoms with E-state index in [0.717, 1.165) is 223 Å². The van der Waals surface area contributed by atoms with Gasteiger partial charge in [-0.15, -0.1) is 0 Å². The Morgan fingerprint density at radius 1 is 0.210 bits per heavy atom. The average Bonchev–Trinajstić information content (AvgIpc) is 1.55. The van der Waals surface area contributed by atoms with Crippen molar-refractivity contribution in [1.29, 1.82) is 0 Å². The van der Waals surface area contributed by atoms with E-state index < -0.39 is 0 Å². The van der Waals surface area contributed by atoms with Crippen LogP contribution in [0, 0.1) is 58.2 Å². The Balaban J connectivity index is 0.000000113. The molecule has 8 heteroatoms. The van der Waals surface area contributed by atoms with E-state index in [9.17, 15) is 0 Å². The van der Waals surface area contributed by atoms with E-state index in [4.69, 9.17) is 35.3 Å². The second kappa shape index (κ2) is 34.0. The number of aryl methyl sites for hydroxylation is 3. The lowest BCUT2D eigenvalue weighted by Gasteiger charge is -2.09. The molecule has 124 heavy (non-hydrogen) atoms. The summed E-state index contributed by atoms with van der Waals surface area (Å²) in [5, 5.41) is 16.9. The van der Waals surface area contributed by atoms with Crippen molar-refractivity contribution in [3.63, 3.8) is 0 Å². The summed E-state index contributed by atoms with van der Waals surface area (Å²) >= 11 is 0. The summed E-state index contributed by atoms with van der Waals surface area (Å²) in [5.41, 5.74) is 22.9. The molecule has 0 atom stereocenters. The van der Waals surface area contributed by atoms with E-state index in [-0.39, 0.29) is 10.8 Å². The normalized spacial score (nSPS) is 11.8. The zero-order valence-corrected chi connectivity index (χ0v) is 71.8. The number of para-hydroxylation sites is 7. The first-order valence-corrected chi connectivity index (χ1v) is 43.9. The summed E-state index contributed by atoms with van der Waals surface area (Å²) in [5.74, 6) is 27.7. The Morgan fingerprint density at radius 3 is 0.782 bits per heavy atom. The van der Waals surface area contributed by atoms with Crippen LogP contribution in [-0.4, -0.2) is 0 Å². The Bertz CT molecular complexity index is 7720. The molecule has 0 radical (unpaired) electrons. The first-order chi connectivity index (χ1) is 60.6. The van der Waals surface area contributed by atoms with E-state index in [1.165, 1.54) is 86.3 Å². The number of benzene rings is 14. The van der Waals surface area contributed by atoms with E-state index in [2.05, 4.69) is 243 Å². The first kappa shape index (κ1) is 79.5. The third kappa shape index (κ3) is 15.9. The molecule has 14 aromatic carbocycles. The number of unbranched alkanes of at least 4 members (excludes halogenated alkanes) is 7. The fraction of sp³-hybridized carbons (Fsp3) is 0.207. The molecule has 0 saturated carbocycles. The molecule has 0 unspecified atom stereocenters. The molecular formula is C116H96O8. The third-order valence-electron chi connectivity index (χ3n) is 23.4. The van der Waals surface area contributed by atoms with Crippen LogP contribution in [0.4, 0.5) is 0 Å². The summed E-state index contributed by atoms with van der Waals surface area (Å²) in [6.45, 7) is 19.4.